The van der Waals surface area contributed by atoms with Gasteiger partial charge in [0.1, 0.15) is 0 Å². The summed E-state index contributed by atoms with van der Waals surface area (Å²) in [5, 5.41) is 8.56. The fourth-order valence-electron chi connectivity index (χ4n) is 1.05. The van der Waals surface area contributed by atoms with Gasteiger partial charge >= 0.3 is 5.97 Å². The van der Waals surface area contributed by atoms with Gasteiger partial charge < -0.3 is 9.84 Å². The van der Waals surface area contributed by atoms with Crippen molar-refractivity contribution in [3.05, 3.63) is 28.8 Å². The molecule has 1 N–H and O–H groups in total. The molecular formula is C9H6F2O4. The molecule has 1 aromatic rings. The molecular weight excluding hydrogens is 210 g/mol. The number of rotatable bonds is 3. The first-order valence-electron chi connectivity index (χ1n) is 3.77. The third kappa shape index (κ3) is 1.78. The summed E-state index contributed by atoms with van der Waals surface area (Å²) in [5.41, 5.74) is -1.37. The average molecular weight is 216 g/mol. The number of halogens is 2. The first-order chi connectivity index (χ1) is 7.02. The number of carboxylic acid groups (broad SMARTS) is 1. The van der Waals surface area contributed by atoms with Crippen molar-refractivity contribution in [2.75, 3.05) is 7.11 Å². The van der Waals surface area contributed by atoms with Gasteiger partial charge in [0.05, 0.1) is 18.2 Å². The third-order valence-corrected chi connectivity index (χ3v) is 1.75. The molecule has 0 aliphatic carbocycles. The summed E-state index contributed by atoms with van der Waals surface area (Å²) < 4.78 is 30.8. The topological polar surface area (TPSA) is 63.6 Å². The lowest BCUT2D eigenvalue weighted by Crippen LogP contribution is -2.07. The highest BCUT2D eigenvalue weighted by Gasteiger charge is 2.22. The number of aldehydes is 1. The van der Waals surface area contributed by atoms with Gasteiger partial charge in [-0.15, -0.1) is 0 Å². The highest BCUT2D eigenvalue weighted by molar-refractivity contribution is 5.91. The Balaban J connectivity index is 3.58. The first kappa shape index (κ1) is 11.1. The lowest BCUT2D eigenvalue weighted by atomic mass is 10.1. The molecule has 0 atom stereocenters. The Morgan fingerprint density at radius 1 is 1.47 bits per heavy atom. The van der Waals surface area contributed by atoms with E-state index in [1.807, 2.05) is 0 Å². The van der Waals surface area contributed by atoms with Gasteiger partial charge in [0.2, 0.25) is 0 Å². The maximum atomic E-state index is 13.2. The molecule has 0 aliphatic rings. The maximum absolute atomic E-state index is 13.2. The molecule has 0 saturated carbocycles. The summed E-state index contributed by atoms with van der Waals surface area (Å²) in [6, 6.07) is 0.614. The molecule has 0 unspecified atom stereocenters. The van der Waals surface area contributed by atoms with Crippen LogP contribution in [0.4, 0.5) is 8.78 Å². The zero-order valence-corrected chi connectivity index (χ0v) is 7.58. The van der Waals surface area contributed by atoms with Crippen molar-refractivity contribution >= 4 is 12.3 Å². The second-order valence-corrected chi connectivity index (χ2v) is 2.60. The number of carbonyl (C=O) groups is 2. The van der Waals surface area contributed by atoms with Gasteiger partial charge in [0.25, 0.3) is 0 Å². The number of benzene rings is 1. The molecule has 0 aromatic heterocycles. The summed E-state index contributed by atoms with van der Waals surface area (Å²) in [6.45, 7) is 0. The number of ether oxygens (including phenoxy) is 1. The minimum atomic E-state index is -1.60. The Morgan fingerprint density at radius 3 is 2.47 bits per heavy atom. The van der Waals surface area contributed by atoms with Crippen molar-refractivity contribution < 1.29 is 28.2 Å². The van der Waals surface area contributed by atoms with E-state index in [9.17, 15) is 18.4 Å². The molecule has 1 rings (SSSR count). The Labute approximate surface area is 83.1 Å². The van der Waals surface area contributed by atoms with Gasteiger partial charge in [-0.3, -0.25) is 4.79 Å². The quantitative estimate of drug-likeness (QED) is 0.777. The summed E-state index contributed by atoms with van der Waals surface area (Å²) >= 11 is 0. The predicted octanol–water partition coefficient (Wildman–Crippen LogP) is 1.48. The molecule has 1 aromatic carbocycles. The minimum absolute atomic E-state index is 0.0870. The summed E-state index contributed by atoms with van der Waals surface area (Å²) in [4.78, 5) is 20.9. The van der Waals surface area contributed by atoms with E-state index < -0.39 is 34.5 Å². The lowest BCUT2D eigenvalue weighted by Gasteiger charge is -2.07. The molecule has 4 nitrogen and oxygen atoms in total. The van der Waals surface area contributed by atoms with E-state index in [1.165, 1.54) is 0 Å². The van der Waals surface area contributed by atoms with Crippen LogP contribution in [0.2, 0.25) is 0 Å². The van der Waals surface area contributed by atoms with E-state index in [2.05, 4.69) is 4.74 Å². The van der Waals surface area contributed by atoms with Gasteiger partial charge in [-0.2, -0.15) is 0 Å². The number of aromatic carboxylic acids is 1. The molecule has 0 heterocycles. The molecule has 0 fully saturated rings. The zero-order valence-electron chi connectivity index (χ0n) is 7.58. The molecule has 0 aliphatic heterocycles. The molecule has 15 heavy (non-hydrogen) atoms. The molecule has 0 saturated heterocycles. The summed E-state index contributed by atoms with van der Waals surface area (Å²) in [7, 11) is 0.974. The highest BCUT2D eigenvalue weighted by atomic mass is 19.1. The number of hydrogen-bond acceptors (Lipinski definition) is 3. The molecule has 0 amide bonds. The van der Waals surface area contributed by atoms with Crippen molar-refractivity contribution in [1.82, 2.24) is 0 Å². The van der Waals surface area contributed by atoms with Crippen LogP contribution in [0, 0.1) is 11.6 Å². The normalized spacial score (nSPS) is 9.80. The monoisotopic (exact) mass is 216 g/mol. The van der Waals surface area contributed by atoms with Crippen LogP contribution in [-0.2, 0) is 0 Å². The van der Waals surface area contributed by atoms with Gasteiger partial charge in [-0.1, -0.05) is 0 Å². The molecule has 0 radical (unpaired) electrons. The minimum Gasteiger partial charge on any atom is -0.491 e. The highest BCUT2D eigenvalue weighted by Crippen LogP contribution is 2.26. The van der Waals surface area contributed by atoms with Crippen molar-refractivity contribution in [3.8, 4) is 5.75 Å². The van der Waals surface area contributed by atoms with E-state index in [4.69, 9.17) is 5.11 Å². The van der Waals surface area contributed by atoms with Gasteiger partial charge in [-0.25, -0.2) is 13.6 Å². The second kappa shape index (κ2) is 4.04. The molecule has 0 spiro atoms. The number of hydrogen-bond donors (Lipinski definition) is 1. The van der Waals surface area contributed by atoms with Crippen LogP contribution in [0.1, 0.15) is 20.7 Å². The molecule has 80 valence electrons. The Hall–Kier alpha value is -1.98. The van der Waals surface area contributed by atoms with E-state index >= 15 is 0 Å². The Kier molecular flexibility index (Phi) is 2.99. The maximum Gasteiger partial charge on any atom is 0.338 e. The van der Waals surface area contributed by atoms with Gasteiger partial charge in [0, 0.05) is 0 Å². The molecule has 0 bridgehead atoms. The largest absolute Gasteiger partial charge is 0.491 e. The van der Waals surface area contributed by atoms with Crippen LogP contribution in [0.15, 0.2) is 6.07 Å². The predicted molar refractivity (Wildman–Crippen MR) is 45.3 cm³/mol. The second-order valence-electron chi connectivity index (χ2n) is 2.60. The number of methoxy groups -OCH3 is 1. The number of carboxylic acids is 1. The van der Waals surface area contributed by atoms with Crippen LogP contribution in [0.25, 0.3) is 0 Å². The Bertz CT molecular complexity index is 429. The van der Waals surface area contributed by atoms with Crippen molar-refractivity contribution in [2.24, 2.45) is 0 Å². The van der Waals surface area contributed by atoms with Crippen molar-refractivity contribution in [1.29, 1.82) is 0 Å². The average Bonchev–Trinajstić information content (AvgIpc) is 2.18. The van der Waals surface area contributed by atoms with E-state index in [0.717, 1.165) is 7.11 Å². The van der Waals surface area contributed by atoms with Crippen molar-refractivity contribution in [3.63, 3.8) is 0 Å². The molecule has 6 heteroatoms. The van der Waals surface area contributed by atoms with Crippen LogP contribution >= 0.6 is 0 Å². The van der Waals surface area contributed by atoms with Crippen molar-refractivity contribution in [2.45, 2.75) is 0 Å². The van der Waals surface area contributed by atoms with Crippen LogP contribution in [0.5, 0.6) is 5.75 Å². The lowest BCUT2D eigenvalue weighted by molar-refractivity contribution is 0.0690. The summed E-state index contributed by atoms with van der Waals surface area (Å²) in [6.07, 6.45) is 0.0870. The smallest absolute Gasteiger partial charge is 0.338 e. The van der Waals surface area contributed by atoms with Gasteiger partial charge in [0.15, 0.2) is 23.7 Å². The third-order valence-electron chi connectivity index (χ3n) is 1.75. The fraction of sp³-hybridized carbons (Fsp3) is 0.111. The number of carbonyl (C=O) groups excluding carboxylic acids is 1. The standard InChI is InChI=1S/C9H6F2O4/c1-15-8-6(10)4(3-12)2-5(7(8)11)9(13)14/h2-3H,1H3,(H,13,14). The van der Waals surface area contributed by atoms with E-state index in [0.29, 0.717) is 6.07 Å². The van der Waals surface area contributed by atoms with E-state index in [1.54, 1.807) is 0 Å². The van der Waals surface area contributed by atoms with E-state index in [-0.39, 0.29) is 6.29 Å². The summed E-state index contributed by atoms with van der Waals surface area (Å²) in [5.74, 6) is -5.03. The SMILES string of the molecule is COc1c(F)c(C=O)cc(C(=O)O)c1F. The fourth-order valence-corrected chi connectivity index (χ4v) is 1.05. The van der Waals surface area contributed by atoms with Crippen LogP contribution in [0.3, 0.4) is 0 Å². The Morgan fingerprint density at radius 2 is 2.07 bits per heavy atom. The zero-order chi connectivity index (χ0) is 11.6. The van der Waals surface area contributed by atoms with Crippen LogP contribution in [-0.4, -0.2) is 24.5 Å². The van der Waals surface area contributed by atoms with Gasteiger partial charge in [-0.05, 0) is 6.07 Å². The first-order valence-corrected chi connectivity index (χ1v) is 3.77. The van der Waals surface area contributed by atoms with Crippen LogP contribution < -0.4 is 4.74 Å².